The summed E-state index contributed by atoms with van der Waals surface area (Å²) in [6.07, 6.45) is 4.90. The Hall–Kier alpha value is -1.13. The molecule has 18 heavy (non-hydrogen) atoms. The van der Waals surface area contributed by atoms with Gasteiger partial charge < -0.3 is 5.32 Å². The van der Waals surface area contributed by atoms with Gasteiger partial charge in [-0.1, -0.05) is 28.1 Å². The van der Waals surface area contributed by atoms with Crippen LogP contribution in [0.3, 0.4) is 0 Å². The summed E-state index contributed by atoms with van der Waals surface area (Å²) in [5.74, 6) is 0. The molecular weight excluding hydrogens is 290 g/mol. The number of hydrogen-bond donors (Lipinski definition) is 1. The third-order valence-electron chi connectivity index (χ3n) is 2.92. The minimum Gasteiger partial charge on any atom is -0.310 e. The maximum atomic E-state index is 4.19. The van der Waals surface area contributed by atoms with E-state index in [0.29, 0.717) is 6.04 Å². The number of hydrogen-bond acceptors (Lipinski definition) is 2. The van der Waals surface area contributed by atoms with E-state index in [1.165, 1.54) is 5.56 Å². The summed E-state index contributed by atoms with van der Waals surface area (Å²) >= 11 is 3.50. The molecule has 0 fully saturated rings. The average molecular weight is 308 g/mol. The highest BCUT2D eigenvalue weighted by molar-refractivity contribution is 9.10. The van der Waals surface area contributed by atoms with Crippen molar-refractivity contribution in [2.75, 3.05) is 6.54 Å². The fourth-order valence-corrected chi connectivity index (χ4v) is 2.30. The van der Waals surface area contributed by atoms with Crippen LogP contribution in [-0.2, 0) is 6.54 Å². The smallest absolute Gasteiger partial charge is 0.0489 e. The molecule has 0 radical (unpaired) electrons. The molecule has 1 aromatic heterocycles. The minimum absolute atomic E-state index is 0.375. The Kier molecular flexibility index (Phi) is 4.96. The van der Waals surface area contributed by atoms with E-state index in [1.807, 2.05) is 29.2 Å². The van der Waals surface area contributed by atoms with Crippen LogP contribution >= 0.6 is 15.9 Å². The molecule has 0 aliphatic rings. The molecule has 0 aliphatic heterocycles. The Morgan fingerprint density at radius 3 is 3.00 bits per heavy atom. The number of aromatic nitrogens is 2. The molecule has 4 heteroatoms. The van der Waals surface area contributed by atoms with Crippen molar-refractivity contribution in [1.82, 2.24) is 15.1 Å². The second kappa shape index (κ2) is 6.71. The van der Waals surface area contributed by atoms with Gasteiger partial charge in [0, 0.05) is 29.5 Å². The third-order valence-corrected chi connectivity index (χ3v) is 3.42. The summed E-state index contributed by atoms with van der Waals surface area (Å²) in [6, 6.07) is 10.8. The Balaban J connectivity index is 1.73. The average Bonchev–Trinajstić information content (AvgIpc) is 2.87. The summed E-state index contributed by atoms with van der Waals surface area (Å²) in [4.78, 5) is 0. The van der Waals surface area contributed by atoms with Crippen molar-refractivity contribution >= 4 is 15.9 Å². The van der Waals surface area contributed by atoms with Crippen LogP contribution in [0.5, 0.6) is 0 Å². The number of benzene rings is 1. The van der Waals surface area contributed by atoms with Crippen LogP contribution in [0.25, 0.3) is 0 Å². The lowest BCUT2D eigenvalue weighted by molar-refractivity contribution is 0.507. The van der Waals surface area contributed by atoms with Crippen molar-refractivity contribution in [3.05, 3.63) is 52.8 Å². The first-order valence-electron chi connectivity index (χ1n) is 6.22. The van der Waals surface area contributed by atoms with Gasteiger partial charge in [0.15, 0.2) is 0 Å². The van der Waals surface area contributed by atoms with Gasteiger partial charge in [0.05, 0.1) is 0 Å². The molecule has 96 valence electrons. The van der Waals surface area contributed by atoms with Gasteiger partial charge in [0.1, 0.15) is 0 Å². The van der Waals surface area contributed by atoms with Gasteiger partial charge in [-0.25, -0.2) is 0 Å². The van der Waals surface area contributed by atoms with Crippen LogP contribution in [0.15, 0.2) is 47.2 Å². The fraction of sp³-hybridized carbons (Fsp3) is 0.357. The highest BCUT2D eigenvalue weighted by atomic mass is 79.9. The molecule has 0 bridgehead atoms. The van der Waals surface area contributed by atoms with Gasteiger partial charge in [-0.05, 0) is 43.7 Å². The molecule has 0 saturated heterocycles. The lowest BCUT2D eigenvalue weighted by atomic mass is 10.1. The Bertz CT molecular complexity index is 468. The molecule has 1 heterocycles. The highest BCUT2D eigenvalue weighted by Crippen LogP contribution is 2.17. The summed E-state index contributed by atoms with van der Waals surface area (Å²) in [5.41, 5.74) is 1.31. The monoisotopic (exact) mass is 307 g/mol. The van der Waals surface area contributed by atoms with Gasteiger partial charge in [-0.15, -0.1) is 0 Å². The number of nitrogens with one attached hydrogen (secondary N) is 1. The Morgan fingerprint density at radius 1 is 1.39 bits per heavy atom. The van der Waals surface area contributed by atoms with E-state index in [4.69, 9.17) is 0 Å². The minimum atomic E-state index is 0.375. The highest BCUT2D eigenvalue weighted by Gasteiger charge is 2.04. The van der Waals surface area contributed by atoms with E-state index in [0.717, 1.165) is 24.0 Å². The Morgan fingerprint density at radius 2 is 2.28 bits per heavy atom. The molecule has 0 saturated carbocycles. The molecular formula is C14H18BrN3. The SMILES string of the molecule is CC(NCCCn1cccn1)c1cccc(Br)c1. The predicted molar refractivity (Wildman–Crippen MR) is 77.4 cm³/mol. The van der Waals surface area contributed by atoms with Crippen molar-refractivity contribution in [3.63, 3.8) is 0 Å². The zero-order chi connectivity index (χ0) is 12.8. The summed E-state index contributed by atoms with van der Waals surface area (Å²) < 4.78 is 3.09. The van der Waals surface area contributed by atoms with Gasteiger partial charge in [-0.3, -0.25) is 4.68 Å². The molecule has 0 spiro atoms. The van der Waals surface area contributed by atoms with Crippen molar-refractivity contribution < 1.29 is 0 Å². The number of halogens is 1. The molecule has 0 aliphatic carbocycles. The van der Waals surface area contributed by atoms with Crippen LogP contribution in [0, 0.1) is 0 Å². The van der Waals surface area contributed by atoms with E-state index in [9.17, 15) is 0 Å². The number of rotatable bonds is 6. The Labute approximate surface area is 116 Å². The van der Waals surface area contributed by atoms with Gasteiger partial charge in [0.2, 0.25) is 0 Å². The molecule has 2 aromatic rings. The molecule has 1 N–H and O–H groups in total. The van der Waals surface area contributed by atoms with E-state index < -0.39 is 0 Å². The van der Waals surface area contributed by atoms with Crippen LogP contribution in [0.2, 0.25) is 0 Å². The van der Waals surface area contributed by atoms with Gasteiger partial charge in [-0.2, -0.15) is 5.10 Å². The molecule has 2 rings (SSSR count). The molecule has 1 unspecified atom stereocenters. The van der Waals surface area contributed by atoms with Crippen LogP contribution in [0.4, 0.5) is 0 Å². The molecule has 3 nitrogen and oxygen atoms in total. The molecule has 0 amide bonds. The maximum absolute atomic E-state index is 4.19. The van der Waals surface area contributed by atoms with E-state index in [-0.39, 0.29) is 0 Å². The summed E-state index contributed by atoms with van der Waals surface area (Å²) in [5, 5.41) is 7.71. The van der Waals surface area contributed by atoms with Crippen molar-refractivity contribution in [2.45, 2.75) is 25.9 Å². The van der Waals surface area contributed by atoms with Gasteiger partial charge >= 0.3 is 0 Å². The van der Waals surface area contributed by atoms with Crippen molar-refractivity contribution in [2.24, 2.45) is 0 Å². The quantitative estimate of drug-likeness (QED) is 0.829. The first kappa shape index (κ1) is 13.3. The second-order valence-corrected chi connectivity index (χ2v) is 5.27. The standard InChI is InChI=1S/C14H18BrN3/c1-12(13-5-2-6-14(15)11-13)16-7-3-9-18-10-4-8-17-18/h2,4-6,8,10-12,16H,3,7,9H2,1H3. The number of aryl methyl sites for hydroxylation is 1. The zero-order valence-corrected chi connectivity index (χ0v) is 12.1. The summed E-state index contributed by atoms with van der Waals surface area (Å²) in [7, 11) is 0. The van der Waals surface area contributed by atoms with Crippen LogP contribution in [0.1, 0.15) is 24.9 Å². The van der Waals surface area contributed by atoms with E-state index in [1.54, 1.807) is 0 Å². The topological polar surface area (TPSA) is 29.9 Å². The van der Waals surface area contributed by atoms with Crippen LogP contribution < -0.4 is 5.32 Å². The first-order chi connectivity index (χ1) is 8.75. The van der Waals surface area contributed by atoms with Crippen molar-refractivity contribution in [1.29, 1.82) is 0 Å². The lowest BCUT2D eigenvalue weighted by Crippen LogP contribution is -2.21. The maximum Gasteiger partial charge on any atom is 0.0489 e. The summed E-state index contributed by atoms with van der Waals surface area (Å²) in [6.45, 7) is 4.15. The fourth-order valence-electron chi connectivity index (χ4n) is 1.89. The number of nitrogens with zero attached hydrogens (tertiary/aromatic N) is 2. The zero-order valence-electron chi connectivity index (χ0n) is 10.5. The molecule has 1 aromatic carbocycles. The van der Waals surface area contributed by atoms with Gasteiger partial charge in [0.25, 0.3) is 0 Å². The normalized spacial score (nSPS) is 12.6. The second-order valence-electron chi connectivity index (χ2n) is 4.35. The van der Waals surface area contributed by atoms with Crippen LogP contribution in [-0.4, -0.2) is 16.3 Å². The van der Waals surface area contributed by atoms with E-state index >= 15 is 0 Å². The third kappa shape index (κ3) is 3.96. The first-order valence-corrected chi connectivity index (χ1v) is 7.01. The predicted octanol–water partition coefficient (Wildman–Crippen LogP) is 3.39. The largest absolute Gasteiger partial charge is 0.310 e. The van der Waals surface area contributed by atoms with Crippen molar-refractivity contribution in [3.8, 4) is 0 Å². The lowest BCUT2D eigenvalue weighted by Gasteiger charge is -2.14. The van der Waals surface area contributed by atoms with E-state index in [2.05, 4.69) is 51.5 Å². The molecule has 1 atom stereocenters.